The van der Waals surface area contributed by atoms with Gasteiger partial charge >= 0.3 is 0 Å². The van der Waals surface area contributed by atoms with Crippen molar-refractivity contribution in [2.75, 3.05) is 38.3 Å². The molecule has 2 aromatic rings. The molecule has 0 unspecified atom stereocenters. The van der Waals surface area contributed by atoms with Crippen molar-refractivity contribution in [3.63, 3.8) is 0 Å². The molecule has 1 atom stereocenters. The van der Waals surface area contributed by atoms with E-state index in [9.17, 15) is 14.4 Å². The maximum atomic E-state index is 13.8. The average molecular weight is 517 g/mol. The van der Waals surface area contributed by atoms with Crippen LogP contribution in [0.25, 0.3) is 0 Å². The maximum absolute atomic E-state index is 13.8. The molecule has 2 heterocycles. The van der Waals surface area contributed by atoms with Gasteiger partial charge < -0.3 is 15.2 Å². The summed E-state index contributed by atoms with van der Waals surface area (Å²) in [5.41, 5.74) is 10.5. The van der Waals surface area contributed by atoms with Gasteiger partial charge in [0, 0.05) is 48.6 Å². The van der Waals surface area contributed by atoms with Crippen LogP contribution in [-0.4, -0.2) is 44.1 Å². The first kappa shape index (κ1) is 26.0. The van der Waals surface area contributed by atoms with E-state index >= 15 is 0 Å². The predicted molar refractivity (Wildman–Crippen MR) is 143 cm³/mol. The van der Waals surface area contributed by atoms with Gasteiger partial charge in [-0.1, -0.05) is 19.9 Å². The van der Waals surface area contributed by atoms with E-state index in [-0.39, 0.29) is 22.8 Å². The first-order chi connectivity index (χ1) is 18.2. The number of halogens is 1. The minimum Gasteiger partial charge on any atom is -0.496 e. The van der Waals surface area contributed by atoms with Crippen molar-refractivity contribution in [2.45, 2.75) is 39.2 Å². The third kappa shape index (κ3) is 4.80. The van der Waals surface area contributed by atoms with Gasteiger partial charge in [-0.3, -0.25) is 14.6 Å². The summed E-state index contributed by atoms with van der Waals surface area (Å²) < 4.78 is 24.9. The Kier molecular flexibility index (Phi) is 6.99. The van der Waals surface area contributed by atoms with E-state index in [0.717, 1.165) is 35.7 Å². The molecule has 2 aromatic carbocycles. The minimum atomic E-state index is -0.593. The third-order valence-corrected chi connectivity index (χ3v) is 7.60. The van der Waals surface area contributed by atoms with Crippen molar-refractivity contribution in [1.82, 2.24) is 4.90 Å². The van der Waals surface area contributed by atoms with Crippen LogP contribution in [0.3, 0.4) is 0 Å². The number of rotatable bonds is 5. The smallest absolute Gasteiger partial charge is 0.162 e. The van der Waals surface area contributed by atoms with Crippen LogP contribution >= 0.6 is 0 Å². The molecule has 2 N–H and O–H groups in total. The van der Waals surface area contributed by atoms with Gasteiger partial charge in [0.2, 0.25) is 0 Å². The molecule has 198 valence electrons. The van der Waals surface area contributed by atoms with Crippen molar-refractivity contribution in [3.8, 4) is 11.8 Å². The Balaban J connectivity index is 1.66. The van der Waals surface area contributed by atoms with Crippen LogP contribution in [-0.2, 0) is 16.1 Å². The van der Waals surface area contributed by atoms with E-state index in [0.29, 0.717) is 49.4 Å². The molecule has 2 aliphatic heterocycles. The van der Waals surface area contributed by atoms with Gasteiger partial charge in [-0.25, -0.2) is 4.39 Å². The summed E-state index contributed by atoms with van der Waals surface area (Å²) in [5.74, 6) is 0.0550. The number of anilines is 1. The summed E-state index contributed by atoms with van der Waals surface area (Å²) in [6, 6.07) is 14.1. The largest absolute Gasteiger partial charge is 0.496 e. The number of carbonyl (C=O) groups is 1. The summed E-state index contributed by atoms with van der Waals surface area (Å²) in [5, 5.41) is 10.4. The number of nitrogens with two attached hydrogens (primary N) is 1. The number of carbonyl (C=O) groups excluding carboxylic acids is 1. The SMILES string of the molecule is COc1ccc([C@@H]2C(C#N)=C(N)N(c3ccc(F)cc3)C3=C2C(=O)CC(C)(C)C3)cc1CN1CCOCC1. The Morgan fingerprint density at radius 2 is 1.87 bits per heavy atom. The number of nitriles is 1. The number of ketones is 1. The lowest BCUT2D eigenvalue weighted by molar-refractivity contribution is -0.118. The van der Waals surface area contributed by atoms with E-state index in [1.807, 2.05) is 18.2 Å². The molecule has 0 bridgehead atoms. The first-order valence-electron chi connectivity index (χ1n) is 12.9. The Morgan fingerprint density at radius 1 is 1.16 bits per heavy atom. The third-order valence-electron chi connectivity index (χ3n) is 7.60. The van der Waals surface area contributed by atoms with Crippen molar-refractivity contribution in [3.05, 3.63) is 82.1 Å². The maximum Gasteiger partial charge on any atom is 0.162 e. The fourth-order valence-corrected chi connectivity index (χ4v) is 5.83. The molecule has 7 nitrogen and oxygen atoms in total. The van der Waals surface area contributed by atoms with Gasteiger partial charge in [-0.2, -0.15) is 5.26 Å². The van der Waals surface area contributed by atoms with E-state index in [4.69, 9.17) is 15.2 Å². The lowest BCUT2D eigenvalue weighted by Gasteiger charge is -2.43. The molecule has 1 saturated heterocycles. The van der Waals surface area contributed by atoms with Crippen LogP contribution < -0.4 is 15.4 Å². The standard InChI is InChI=1S/C30H33FN4O3/c1-30(2)15-24-28(25(36)16-30)27(23(17-32)29(33)35(24)22-7-5-21(31)6-8-22)19-4-9-26(37-3)20(14-19)18-34-10-12-38-13-11-34/h4-9,14,27H,10-13,15-16,18,33H2,1-3H3/t27-/m1/s1. The normalized spacial score (nSPS) is 21.8. The van der Waals surface area contributed by atoms with Gasteiger partial charge in [-0.15, -0.1) is 0 Å². The second kappa shape index (κ2) is 10.2. The molecule has 0 aromatic heterocycles. The summed E-state index contributed by atoms with van der Waals surface area (Å²) in [7, 11) is 1.64. The van der Waals surface area contributed by atoms with Crippen LogP contribution in [0.2, 0.25) is 0 Å². The lowest BCUT2D eigenvalue weighted by atomic mass is 9.68. The fourth-order valence-electron chi connectivity index (χ4n) is 5.83. The molecule has 8 heteroatoms. The van der Waals surface area contributed by atoms with Crippen molar-refractivity contribution >= 4 is 11.5 Å². The number of Topliss-reactive ketones (excluding diaryl/α,β-unsaturated/α-hetero) is 1. The molecule has 5 rings (SSSR count). The molecule has 1 fully saturated rings. The highest BCUT2D eigenvalue weighted by Crippen LogP contribution is 2.50. The summed E-state index contributed by atoms with van der Waals surface area (Å²) in [4.78, 5) is 17.9. The summed E-state index contributed by atoms with van der Waals surface area (Å²) in [6.07, 6.45) is 0.965. The van der Waals surface area contributed by atoms with E-state index in [1.54, 1.807) is 24.1 Å². The number of ether oxygens (including phenoxy) is 2. The Labute approximate surface area is 222 Å². The minimum absolute atomic E-state index is 0.000779. The van der Waals surface area contributed by atoms with Gasteiger partial charge in [-0.05, 0) is 53.8 Å². The number of hydrogen-bond donors (Lipinski definition) is 1. The molecular weight excluding hydrogens is 483 g/mol. The molecule has 3 aliphatic rings. The topological polar surface area (TPSA) is 91.8 Å². The molecule has 0 radical (unpaired) electrons. The quantitative estimate of drug-likeness (QED) is 0.621. The molecule has 1 aliphatic carbocycles. The first-order valence-corrected chi connectivity index (χ1v) is 12.9. The van der Waals surface area contributed by atoms with Crippen LogP contribution in [0.4, 0.5) is 10.1 Å². The monoisotopic (exact) mass is 516 g/mol. The van der Waals surface area contributed by atoms with Gasteiger partial charge in [0.25, 0.3) is 0 Å². The number of nitrogens with zero attached hydrogens (tertiary/aromatic N) is 3. The highest BCUT2D eigenvalue weighted by molar-refractivity contribution is 6.01. The van der Waals surface area contributed by atoms with Crippen molar-refractivity contribution in [2.24, 2.45) is 11.1 Å². The average Bonchev–Trinajstić information content (AvgIpc) is 2.89. The van der Waals surface area contributed by atoms with E-state index in [2.05, 4.69) is 24.8 Å². The van der Waals surface area contributed by atoms with Crippen LogP contribution in [0.1, 0.15) is 43.7 Å². The number of allylic oxidation sites excluding steroid dienone is 3. The highest BCUT2D eigenvalue weighted by atomic mass is 19.1. The predicted octanol–water partition coefficient (Wildman–Crippen LogP) is 4.61. The molecule has 0 amide bonds. The molecular formula is C30H33FN4O3. The van der Waals surface area contributed by atoms with Crippen molar-refractivity contribution in [1.29, 1.82) is 5.26 Å². The van der Waals surface area contributed by atoms with E-state index < -0.39 is 5.92 Å². The van der Waals surface area contributed by atoms with Crippen LogP contribution in [0.5, 0.6) is 5.75 Å². The highest BCUT2D eigenvalue weighted by Gasteiger charge is 2.44. The molecule has 0 saturated carbocycles. The molecule has 38 heavy (non-hydrogen) atoms. The molecule has 0 spiro atoms. The van der Waals surface area contributed by atoms with Crippen LogP contribution in [0, 0.1) is 22.6 Å². The number of methoxy groups -OCH3 is 1. The second-order valence-corrected chi connectivity index (χ2v) is 10.9. The Hall–Kier alpha value is -3.67. The van der Waals surface area contributed by atoms with Crippen LogP contribution in [0.15, 0.2) is 65.1 Å². The Morgan fingerprint density at radius 3 is 2.53 bits per heavy atom. The van der Waals surface area contributed by atoms with Crippen molar-refractivity contribution < 1.29 is 18.7 Å². The van der Waals surface area contributed by atoms with Gasteiger partial charge in [0.1, 0.15) is 17.4 Å². The fraction of sp³-hybridized carbons (Fsp3) is 0.400. The lowest BCUT2D eigenvalue weighted by Crippen LogP contribution is -2.42. The van der Waals surface area contributed by atoms with E-state index in [1.165, 1.54) is 12.1 Å². The summed E-state index contributed by atoms with van der Waals surface area (Å²) >= 11 is 0. The zero-order valence-corrected chi connectivity index (χ0v) is 22.1. The number of morpholine rings is 1. The number of hydrogen-bond acceptors (Lipinski definition) is 7. The zero-order valence-electron chi connectivity index (χ0n) is 22.1. The Bertz CT molecular complexity index is 1350. The van der Waals surface area contributed by atoms with Gasteiger partial charge in [0.15, 0.2) is 5.78 Å². The second-order valence-electron chi connectivity index (χ2n) is 10.9. The summed E-state index contributed by atoms with van der Waals surface area (Å²) in [6.45, 7) is 7.79. The van der Waals surface area contributed by atoms with Gasteiger partial charge in [0.05, 0.1) is 37.9 Å². The number of benzene rings is 2. The zero-order chi connectivity index (χ0) is 27.0.